The molecule has 10 heteroatoms. The van der Waals surface area contributed by atoms with Crippen molar-refractivity contribution >= 4 is 67.2 Å². The minimum absolute atomic E-state index is 0.213. The predicted molar refractivity (Wildman–Crippen MR) is 105 cm³/mol. The van der Waals surface area contributed by atoms with E-state index in [1.807, 2.05) is 45.2 Å². The predicted octanol–water partition coefficient (Wildman–Crippen LogP) is 1.84. The van der Waals surface area contributed by atoms with Crippen LogP contribution in [0.3, 0.4) is 0 Å². The highest BCUT2D eigenvalue weighted by Crippen LogP contribution is 2.30. The minimum Gasteiger partial charge on any atom is -0.464 e. The molecule has 1 N–H and O–H groups in total. The van der Waals surface area contributed by atoms with Crippen LogP contribution in [-0.2, 0) is 30.9 Å². The molecule has 0 saturated carbocycles. The first kappa shape index (κ1) is 21.4. The third kappa shape index (κ3) is 7.09. The van der Waals surface area contributed by atoms with Gasteiger partial charge in [-0.1, -0.05) is 0 Å². The number of rotatable bonds is 7. The molecule has 0 fully saturated rings. The Hall–Kier alpha value is -0.630. The summed E-state index contributed by atoms with van der Waals surface area (Å²) in [6.45, 7) is 3.22. The summed E-state index contributed by atoms with van der Waals surface area (Å²) in [5.41, 5.74) is 0.747. The van der Waals surface area contributed by atoms with Gasteiger partial charge in [0.05, 0.1) is 20.0 Å². The maximum atomic E-state index is 12.0. The Morgan fingerprint density at radius 2 is 1.79 bits per heavy atom. The number of hydrogen-bond acceptors (Lipinski definition) is 6. The van der Waals surface area contributed by atoms with Crippen LogP contribution in [0.25, 0.3) is 0 Å². The topological polar surface area (TPSA) is 98.8 Å². The fourth-order valence-corrected chi connectivity index (χ4v) is 4.78. The minimum atomic E-state index is -3.64. The van der Waals surface area contributed by atoms with Crippen LogP contribution in [0.1, 0.15) is 19.4 Å². The van der Waals surface area contributed by atoms with E-state index in [2.05, 4.69) is 5.32 Å². The van der Waals surface area contributed by atoms with Crippen LogP contribution in [0.4, 0.5) is 0 Å². The van der Waals surface area contributed by atoms with Crippen molar-refractivity contribution in [3.05, 3.63) is 24.8 Å². The third-order valence-corrected chi connectivity index (χ3v) is 4.75. The van der Waals surface area contributed by atoms with Crippen molar-refractivity contribution in [2.75, 3.05) is 12.9 Å². The first-order valence-corrected chi connectivity index (χ1v) is 10.8. The zero-order valence-electron chi connectivity index (χ0n) is 13.3. The Kier molecular flexibility index (Phi) is 8.19. The summed E-state index contributed by atoms with van der Waals surface area (Å²) < 4.78 is 33.7. The van der Waals surface area contributed by atoms with E-state index in [0.717, 1.165) is 11.8 Å². The Morgan fingerprint density at radius 1 is 1.25 bits per heavy atom. The van der Waals surface area contributed by atoms with Crippen molar-refractivity contribution in [3.63, 3.8) is 0 Å². The zero-order chi connectivity index (χ0) is 18.5. The molecular weight excluding hydrogens is 564 g/mol. The molecule has 1 aromatic carbocycles. The average Bonchev–Trinajstić information content (AvgIpc) is 2.41. The van der Waals surface area contributed by atoms with Gasteiger partial charge in [-0.3, -0.25) is 4.79 Å². The molecule has 1 rings (SSSR count). The fraction of sp³-hybridized carbons (Fsp3) is 0.429. The molecule has 0 aliphatic heterocycles. The van der Waals surface area contributed by atoms with Crippen molar-refractivity contribution in [1.82, 2.24) is 5.32 Å². The number of esters is 1. The van der Waals surface area contributed by atoms with E-state index in [0.29, 0.717) is 7.14 Å². The molecule has 134 valence electrons. The van der Waals surface area contributed by atoms with Gasteiger partial charge in [0.15, 0.2) is 5.75 Å². The van der Waals surface area contributed by atoms with Crippen molar-refractivity contribution in [1.29, 1.82) is 0 Å². The van der Waals surface area contributed by atoms with Crippen molar-refractivity contribution in [2.24, 2.45) is 0 Å². The van der Waals surface area contributed by atoms with Crippen LogP contribution in [0.5, 0.6) is 5.75 Å². The van der Waals surface area contributed by atoms with Gasteiger partial charge in [-0.15, -0.1) is 0 Å². The third-order valence-electron chi connectivity index (χ3n) is 2.68. The van der Waals surface area contributed by atoms with Gasteiger partial charge in [-0.05, 0) is 69.8 Å². The van der Waals surface area contributed by atoms with E-state index >= 15 is 0 Å². The van der Waals surface area contributed by atoms with Crippen LogP contribution >= 0.6 is 45.2 Å². The molecule has 0 radical (unpaired) electrons. The van der Waals surface area contributed by atoms with Crippen LogP contribution < -0.4 is 9.50 Å². The molecule has 0 heterocycles. The summed E-state index contributed by atoms with van der Waals surface area (Å²) in [6.07, 6.45) is 1.20. The number of ether oxygens (including phenoxy) is 1. The second-order valence-corrected chi connectivity index (χ2v) is 8.78. The van der Waals surface area contributed by atoms with Gasteiger partial charge >= 0.3 is 16.1 Å². The number of amides is 1. The Labute approximate surface area is 168 Å². The van der Waals surface area contributed by atoms with Crippen molar-refractivity contribution < 1.29 is 26.9 Å². The molecule has 0 aliphatic carbocycles. The molecule has 24 heavy (non-hydrogen) atoms. The largest absolute Gasteiger partial charge is 0.464 e. The quantitative estimate of drug-likeness (QED) is 0.300. The lowest BCUT2D eigenvalue weighted by atomic mass is 10.1. The van der Waals surface area contributed by atoms with Gasteiger partial charge in [-0.2, -0.15) is 8.42 Å². The van der Waals surface area contributed by atoms with E-state index in [4.69, 9.17) is 8.92 Å². The van der Waals surface area contributed by atoms with Crippen LogP contribution in [0.2, 0.25) is 0 Å². The van der Waals surface area contributed by atoms with Gasteiger partial charge in [0.2, 0.25) is 5.91 Å². The van der Waals surface area contributed by atoms with Gasteiger partial charge in [0.25, 0.3) is 0 Å². The number of halogens is 2. The summed E-state index contributed by atoms with van der Waals surface area (Å²) in [7, 11) is -3.64. The Balaban J connectivity index is 3.08. The van der Waals surface area contributed by atoms with E-state index < -0.39 is 22.1 Å². The first-order chi connectivity index (χ1) is 11.0. The summed E-state index contributed by atoms with van der Waals surface area (Å²) in [6, 6.07) is 2.60. The fourth-order valence-electron chi connectivity index (χ4n) is 1.88. The van der Waals surface area contributed by atoms with E-state index in [-0.39, 0.29) is 24.7 Å². The van der Waals surface area contributed by atoms with Crippen molar-refractivity contribution in [2.45, 2.75) is 26.3 Å². The summed E-state index contributed by atoms with van der Waals surface area (Å²) in [4.78, 5) is 23.3. The van der Waals surface area contributed by atoms with Crippen molar-refractivity contribution in [3.8, 4) is 5.75 Å². The lowest BCUT2D eigenvalue weighted by Gasteiger charge is -2.17. The standard InChI is InChI=1S/C14H17I2NO6S/c1-4-22-14(19)12(17-8(2)18)7-9-5-10(15)13(11(16)6-9)23-24(3,20)21/h5-6,12H,4,7H2,1-3H3,(H,17,18)/t12-/m0/s1. The van der Waals surface area contributed by atoms with Gasteiger partial charge in [0, 0.05) is 13.3 Å². The highest BCUT2D eigenvalue weighted by molar-refractivity contribution is 14.1. The average molecular weight is 581 g/mol. The van der Waals surface area contributed by atoms with E-state index in [1.165, 1.54) is 6.92 Å². The first-order valence-electron chi connectivity index (χ1n) is 6.84. The molecule has 0 unspecified atom stereocenters. The lowest BCUT2D eigenvalue weighted by Crippen LogP contribution is -2.42. The number of nitrogens with one attached hydrogen (secondary N) is 1. The molecule has 0 aromatic heterocycles. The highest BCUT2D eigenvalue weighted by atomic mass is 127. The Morgan fingerprint density at radius 3 is 2.21 bits per heavy atom. The number of hydrogen-bond donors (Lipinski definition) is 1. The zero-order valence-corrected chi connectivity index (χ0v) is 18.4. The van der Waals surface area contributed by atoms with Crippen LogP contribution in [-0.4, -0.2) is 39.2 Å². The molecule has 0 saturated heterocycles. The highest BCUT2D eigenvalue weighted by Gasteiger charge is 2.23. The SMILES string of the molecule is CCOC(=O)[C@H](Cc1cc(I)c(OS(C)(=O)=O)c(I)c1)NC(C)=O. The number of benzene rings is 1. The molecular formula is C14H17I2NO6S. The summed E-state index contributed by atoms with van der Waals surface area (Å²) >= 11 is 3.92. The summed E-state index contributed by atoms with van der Waals surface area (Å²) in [5.74, 6) is -0.613. The normalized spacial score (nSPS) is 12.4. The number of carbonyl (C=O) groups excluding carboxylic acids is 2. The van der Waals surface area contributed by atoms with Gasteiger partial charge in [-0.25, -0.2) is 4.79 Å². The summed E-state index contributed by atoms with van der Waals surface area (Å²) in [5, 5.41) is 2.56. The monoisotopic (exact) mass is 581 g/mol. The lowest BCUT2D eigenvalue weighted by molar-refractivity contribution is -0.147. The molecule has 0 spiro atoms. The molecule has 1 atom stereocenters. The number of carbonyl (C=O) groups is 2. The second-order valence-electron chi connectivity index (χ2n) is 4.89. The molecule has 7 nitrogen and oxygen atoms in total. The molecule has 0 bridgehead atoms. The smallest absolute Gasteiger partial charge is 0.328 e. The van der Waals surface area contributed by atoms with Crippen LogP contribution in [0.15, 0.2) is 12.1 Å². The molecule has 0 aliphatic rings. The maximum absolute atomic E-state index is 12.0. The van der Waals surface area contributed by atoms with E-state index in [1.54, 1.807) is 19.1 Å². The van der Waals surface area contributed by atoms with E-state index in [9.17, 15) is 18.0 Å². The maximum Gasteiger partial charge on any atom is 0.328 e. The van der Waals surface area contributed by atoms with Gasteiger partial charge in [0.1, 0.15) is 6.04 Å². The van der Waals surface area contributed by atoms with Gasteiger partial charge < -0.3 is 14.2 Å². The molecule has 1 aromatic rings. The molecule has 1 amide bonds. The van der Waals surface area contributed by atoms with Crippen LogP contribution in [0, 0.1) is 7.14 Å². The Bertz CT molecular complexity index is 712. The second kappa shape index (κ2) is 9.17.